The van der Waals surface area contributed by atoms with Gasteiger partial charge in [0.2, 0.25) is 0 Å². The van der Waals surface area contributed by atoms with E-state index in [2.05, 4.69) is 15.6 Å². The molecule has 0 saturated heterocycles. The van der Waals surface area contributed by atoms with Crippen LogP contribution >= 0.6 is 0 Å². The molecule has 0 radical (unpaired) electrons. The number of aliphatic carboxylic acids is 1. The summed E-state index contributed by atoms with van der Waals surface area (Å²) in [5, 5.41) is 17.5. The maximum absolute atomic E-state index is 13.7. The first-order valence-electron chi connectivity index (χ1n) is 5.76. The van der Waals surface area contributed by atoms with E-state index < -0.39 is 35.7 Å². The minimum atomic E-state index is -1.16. The molecule has 2 N–H and O–H groups in total. The number of carbonyl (C=O) groups is 2. The van der Waals surface area contributed by atoms with Gasteiger partial charge in [-0.3, -0.25) is 9.59 Å². The Labute approximate surface area is 117 Å². The molecule has 2 rings (SSSR count). The van der Waals surface area contributed by atoms with Crippen molar-refractivity contribution < 1.29 is 23.5 Å². The number of amides is 1. The molecule has 21 heavy (non-hydrogen) atoms. The van der Waals surface area contributed by atoms with Gasteiger partial charge >= 0.3 is 5.97 Å². The Kier molecular flexibility index (Phi) is 3.92. The number of carboxylic acid groups (broad SMARTS) is 1. The Hall–Kier alpha value is -2.84. The highest BCUT2D eigenvalue weighted by atomic mass is 19.1. The number of carboxylic acids is 1. The molecule has 0 aliphatic carbocycles. The van der Waals surface area contributed by atoms with E-state index in [1.54, 1.807) is 0 Å². The van der Waals surface area contributed by atoms with Crippen LogP contribution in [0.4, 0.5) is 14.5 Å². The van der Waals surface area contributed by atoms with Crippen molar-refractivity contribution >= 4 is 17.6 Å². The summed E-state index contributed by atoms with van der Waals surface area (Å²) in [6, 6.07) is 2.26. The summed E-state index contributed by atoms with van der Waals surface area (Å²) in [7, 11) is 0. The number of rotatable bonds is 4. The first-order chi connectivity index (χ1) is 9.88. The van der Waals surface area contributed by atoms with E-state index in [0.717, 1.165) is 16.9 Å². The van der Waals surface area contributed by atoms with Gasteiger partial charge in [0.15, 0.2) is 11.5 Å². The molecule has 9 heteroatoms. The van der Waals surface area contributed by atoms with Crippen molar-refractivity contribution in [3.05, 3.63) is 41.2 Å². The summed E-state index contributed by atoms with van der Waals surface area (Å²) < 4.78 is 28.2. The minimum Gasteiger partial charge on any atom is -0.480 e. The summed E-state index contributed by atoms with van der Waals surface area (Å²) in [6.07, 6.45) is 1.06. The molecular weight excluding hydrogens is 286 g/mol. The van der Waals surface area contributed by atoms with Gasteiger partial charge in [0.05, 0.1) is 6.20 Å². The van der Waals surface area contributed by atoms with Crippen LogP contribution < -0.4 is 5.32 Å². The van der Waals surface area contributed by atoms with Gasteiger partial charge < -0.3 is 10.4 Å². The van der Waals surface area contributed by atoms with Crippen LogP contribution in [0.2, 0.25) is 0 Å². The molecule has 1 heterocycles. The number of benzene rings is 1. The Balaban J connectivity index is 2.20. The summed E-state index contributed by atoms with van der Waals surface area (Å²) in [5.41, 5.74) is -0.675. The number of halogens is 2. The van der Waals surface area contributed by atoms with Crippen LogP contribution in [-0.4, -0.2) is 32.0 Å². The topological polar surface area (TPSA) is 97.1 Å². The fraction of sp³-hybridized carbons (Fsp3) is 0.167. The highest BCUT2D eigenvalue weighted by Crippen LogP contribution is 2.22. The van der Waals surface area contributed by atoms with E-state index in [9.17, 15) is 18.4 Å². The SMILES string of the molecule is Cc1ccc(F)c(NC(=O)c2cn(CC(=O)O)nn2)c1F. The maximum atomic E-state index is 13.7. The number of aromatic nitrogens is 3. The molecule has 0 aliphatic heterocycles. The monoisotopic (exact) mass is 296 g/mol. The fourth-order valence-corrected chi connectivity index (χ4v) is 1.57. The van der Waals surface area contributed by atoms with E-state index in [-0.39, 0.29) is 11.3 Å². The highest BCUT2D eigenvalue weighted by Gasteiger charge is 2.18. The van der Waals surface area contributed by atoms with E-state index in [1.807, 2.05) is 0 Å². The van der Waals surface area contributed by atoms with Gasteiger partial charge in [-0.15, -0.1) is 5.10 Å². The summed E-state index contributed by atoms with van der Waals surface area (Å²) in [5.74, 6) is -3.87. The van der Waals surface area contributed by atoms with E-state index in [0.29, 0.717) is 0 Å². The van der Waals surface area contributed by atoms with Gasteiger partial charge in [0.1, 0.15) is 18.0 Å². The normalized spacial score (nSPS) is 10.4. The zero-order chi connectivity index (χ0) is 15.6. The van der Waals surface area contributed by atoms with Crippen LogP contribution in [0.25, 0.3) is 0 Å². The largest absolute Gasteiger partial charge is 0.480 e. The number of nitrogens with one attached hydrogen (secondary N) is 1. The highest BCUT2D eigenvalue weighted by molar-refractivity contribution is 6.02. The molecule has 0 saturated carbocycles. The molecule has 0 fully saturated rings. The number of aryl methyl sites for hydroxylation is 1. The number of anilines is 1. The van der Waals surface area contributed by atoms with Crippen molar-refractivity contribution in [3.63, 3.8) is 0 Å². The molecule has 1 amide bonds. The lowest BCUT2D eigenvalue weighted by molar-refractivity contribution is -0.137. The van der Waals surface area contributed by atoms with Crippen molar-refractivity contribution in [2.45, 2.75) is 13.5 Å². The van der Waals surface area contributed by atoms with Crippen molar-refractivity contribution in [1.29, 1.82) is 0 Å². The lowest BCUT2D eigenvalue weighted by atomic mass is 10.2. The van der Waals surface area contributed by atoms with Crippen LogP contribution in [0.3, 0.4) is 0 Å². The second kappa shape index (κ2) is 5.65. The fourth-order valence-electron chi connectivity index (χ4n) is 1.57. The Morgan fingerprint density at radius 2 is 2.10 bits per heavy atom. The van der Waals surface area contributed by atoms with Crippen LogP contribution in [0.1, 0.15) is 16.1 Å². The average molecular weight is 296 g/mol. The van der Waals surface area contributed by atoms with Crippen LogP contribution in [-0.2, 0) is 11.3 Å². The molecule has 110 valence electrons. The second-order valence-electron chi connectivity index (χ2n) is 4.20. The van der Waals surface area contributed by atoms with E-state index in [4.69, 9.17) is 5.11 Å². The third-order valence-electron chi connectivity index (χ3n) is 2.59. The predicted molar refractivity (Wildman–Crippen MR) is 66.7 cm³/mol. The molecule has 0 spiro atoms. The quantitative estimate of drug-likeness (QED) is 0.883. The molecule has 0 unspecified atom stereocenters. The number of hydrogen-bond donors (Lipinski definition) is 2. The lowest BCUT2D eigenvalue weighted by Gasteiger charge is -2.07. The lowest BCUT2D eigenvalue weighted by Crippen LogP contribution is -2.15. The Bertz CT molecular complexity index is 715. The van der Waals surface area contributed by atoms with E-state index >= 15 is 0 Å². The van der Waals surface area contributed by atoms with Crippen molar-refractivity contribution in [3.8, 4) is 0 Å². The third kappa shape index (κ3) is 3.19. The van der Waals surface area contributed by atoms with Gasteiger partial charge in [0, 0.05) is 0 Å². The maximum Gasteiger partial charge on any atom is 0.325 e. The van der Waals surface area contributed by atoms with Gasteiger partial charge in [0.25, 0.3) is 5.91 Å². The van der Waals surface area contributed by atoms with Crippen molar-refractivity contribution in [2.24, 2.45) is 0 Å². The molecule has 7 nitrogen and oxygen atoms in total. The third-order valence-corrected chi connectivity index (χ3v) is 2.59. The Morgan fingerprint density at radius 3 is 2.76 bits per heavy atom. The van der Waals surface area contributed by atoms with E-state index in [1.165, 1.54) is 13.0 Å². The van der Waals surface area contributed by atoms with Crippen molar-refractivity contribution in [2.75, 3.05) is 5.32 Å². The number of nitrogens with zero attached hydrogens (tertiary/aromatic N) is 3. The zero-order valence-electron chi connectivity index (χ0n) is 10.8. The Morgan fingerprint density at radius 1 is 1.38 bits per heavy atom. The van der Waals surface area contributed by atoms with Crippen LogP contribution in [0.5, 0.6) is 0 Å². The van der Waals surface area contributed by atoms with Crippen molar-refractivity contribution in [1.82, 2.24) is 15.0 Å². The first kappa shape index (κ1) is 14.6. The minimum absolute atomic E-state index is 0.168. The molecule has 1 aromatic carbocycles. The molecule has 1 aromatic heterocycles. The van der Waals surface area contributed by atoms with Gasteiger partial charge in [-0.05, 0) is 18.6 Å². The number of hydrogen-bond acceptors (Lipinski definition) is 4. The first-order valence-corrected chi connectivity index (χ1v) is 5.76. The second-order valence-corrected chi connectivity index (χ2v) is 4.20. The number of carbonyl (C=O) groups excluding carboxylic acids is 1. The van der Waals surface area contributed by atoms with Gasteiger partial charge in [-0.25, -0.2) is 13.5 Å². The summed E-state index contributed by atoms with van der Waals surface area (Å²) in [6.45, 7) is 0.945. The predicted octanol–water partition coefficient (Wildman–Crippen LogP) is 1.20. The molecular formula is C12H10F2N4O3. The van der Waals surface area contributed by atoms with Gasteiger partial charge in [-0.1, -0.05) is 11.3 Å². The van der Waals surface area contributed by atoms with Crippen LogP contribution in [0, 0.1) is 18.6 Å². The molecule has 0 bridgehead atoms. The van der Waals surface area contributed by atoms with Gasteiger partial charge in [-0.2, -0.15) is 0 Å². The zero-order valence-corrected chi connectivity index (χ0v) is 10.8. The van der Waals surface area contributed by atoms with Crippen LogP contribution in [0.15, 0.2) is 18.3 Å². The molecule has 0 atom stereocenters. The summed E-state index contributed by atoms with van der Waals surface area (Å²) >= 11 is 0. The molecule has 2 aromatic rings. The smallest absolute Gasteiger partial charge is 0.325 e. The standard InChI is InChI=1S/C12H10F2N4O3/c1-6-2-3-7(13)11(10(6)14)15-12(21)8-4-18(17-16-8)5-9(19)20/h2-4H,5H2,1H3,(H,15,21)(H,19,20). The average Bonchev–Trinajstić information content (AvgIpc) is 2.86. The molecule has 0 aliphatic rings. The summed E-state index contributed by atoms with van der Waals surface area (Å²) in [4.78, 5) is 22.3.